The Labute approximate surface area is 87.8 Å². The van der Waals surface area contributed by atoms with Gasteiger partial charge >= 0.3 is 0 Å². The van der Waals surface area contributed by atoms with Crippen molar-refractivity contribution in [1.29, 1.82) is 0 Å². The number of aromatic nitrogens is 1. The highest BCUT2D eigenvalue weighted by Gasteiger charge is 2.18. The van der Waals surface area contributed by atoms with Gasteiger partial charge in [0.05, 0.1) is 18.8 Å². The largest absolute Gasteiger partial charge is 0.399 e. The van der Waals surface area contributed by atoms with Gasteiger partial charge in [0.25, 0.3) is 0 Å². The summed E-state index contributed by atoms with van der Waals surface area (Å²) in [5, 5.41) is 0. The third-order valence-electron chi connectivity index (χ3n) is 2.28. The van der Waals surface area contributed by atoms with Crippen molar-refractivity contribution in [2.45, 2.75) is 6.54 Å². The molecule has 0 bridgehead atoms. The number of nitrogen functional groups attached to an aromatic ring is 1. The molecule has 0 aliphatic carbocycles. The van der Waals surface area contributed by atoms with Gasteiger partial charge in [0.2, 0.25) is 5.91 Å². The Morgan fingerprint density at radius 3 is 3.20 bits per heavy atom. The highest BCUT2D eigenvalue weighted by Crippen LogP contribution is 2.08. The van der Waals surface area contributed by atoms with Gasteiger partial charge in [-0.2, -0.15) is 0 Å². The number of pyridine rings is 1. The monoisotopic (exact) mass is 207 g/mol. The summed E-state index contributed by atoms with van der Waals surface area (Å²) in [6.45, 7) is 1.89. The molecule has 1 aromatic rings. The van der Waals surface area contributed by atoms with Crippen molar-refractivity contribution in [2.75, 3.05) is 25.5 Å². The molecule has 1 aliphatic rings. The summed E-state index contributed by atoms with van der Waals surface area (Å²) in [4.78, 5) is 17.3. The predicted octanol–water partition coefficient (Wildman–Crippen LogP) is 0.0226. The Morgan fingerprint density at radius 1 is 1.60 bits per heavy atom. The van der Waals surface area contributed by atoms with Gasteiger partial charge in [0, 0.05) is 18.4 Å². The van der Waals surface area contributed by atoms with E-state index in [4.69, 9.17) is 10.5 Å². The molecule has 1 aromatic heterocycles. The van der Waals surface area contributed by atoms with Gasteiger partial charge in [-0.1, -0.05) is 0 Å². The zero-order valence-electron chi connectivity index (χ0n) is 8.35. The standard InChI is InChI=1S/C10H13N3O2/c11-8-1-2-12-9(5-8)6-13-3-4-15-7-10(13)14/h1-2,5H,3-4,6-7H2,(H2,11,12). The van der Waals surface area contributed by atoms with E-state index in [1.165, 1.54) is 0 Å². The van der Waals surface area contributed by atoms with E-state index < -0.39 is 0 Å². The number of nitrogens with zero attached hydrogens (tertiary/aromatic N) is 2. The average Bonchev–Trinajstić information content (AvgIpc) is 2.22. The first-order valence-electron chi connectivity index (χ1n) is 4.81. The molecule has 0 atom stereocenters. The molecule has 2 rings (SSSR count). The highest BCUT2D eigenvalue weighted by atomic mass is 16.5. The molecule has 2 N–H and O–H groups in total. The van der Waals surface area contributed by atoms with E-state index in [1.807, 2.05) is 0 Å². The van der Waals surface area contributed by atoms with Crippen molar-refractivity contribution in [3.8, 4) is 0 Å². The fourth-order valence-corrected chi connectivity index (χ4v) is 1.50. The number of anilines is 1. The minimum Gasteiger partial charge on any atom is -0.399 e. The van der Waals surface area contributed by atoms with Crippen LogP contribution < -0.4 is 5.73 Å². The third-order valence-corrected chi connectivity index (χ3v) is 2.28. The van der Waals surface area contributed by atoms with Crippen molar-refractivity contribution in [3.05, 3.63) is 24.0 Å². The van der Waals surface area contributed by atoms with E-state index in [-0.39, 0.29) is 12.5 Å². The fraction of sp³-hybridized carbons (Fsp3) is 0.400. The van der Waals surface area contributed by atoms with Gasteiger partial charge in [-0.25, -0.2) is 0 Å². The smallest absolute Gasteiger partial charge is 0.248 e. The third kappa shape index (κ3) is 2.44. The molecular formula is C10H13N3O2. The number of carbonyl (C=O) groups is 1. The second-order valence-corrected chi connectivity index (χ2v) is 3.45. The molecule has 0 aromatic carbocycles. The van der Waals surface area contributed by atoms with Crippen molar-refractivity contribution >= 4 is 11.6 Å². The number of morpholine rings is 1. The van der Waals surface area contributed by atoms with Crippen molar-refractivity contribution in [1.82, 2.24) is 9.88 Å². The normalized spacial score (nSPS) is 16.8. The maximum absolute atomic E-state index is 11.4. The first-order valence-corrected chi connectivity index (χ1v) is 4.81. The van der Waals surface area contributed by atoms with Crippen LogP contribution in [0.25, 0.3) is 0 Å². The average molecular weight is 207 g/mol. The molecular weight excluding hydrogens is 194 g/mol. The van der Waals surface area contributed by atoms with E-state index in [2.05, 4.69) is 4.98 Å². The van der Waals surface area contributed by atoms with Crippen LogP contribution in [0.3, 0.4) is 0 Å². The summed E-state index contributed by atoms with van der Waals surface area (Å²) in [6.07, 6.45) is 1.65. The van der Waals surface area contributed by atoms with Crippen LogP contribution in [0.2, 0.25) is 0 Å². The van der Waals surface area contributed by atoms with E-state index in [0.29, 0.717) is 25.4 Å². The fourth-order valence-electron chi connectivity index (χ4n) is 1.50. The molecule has 0 radical (unpaired) electrons. The van der Waals surface area contributed by atoms with Crippen LogP contribution in [0.15, 0.2) is 18.3 Å². The second-order valence-electron chi connectivity index (χ2n) is 3.45. The quantitative estimate of drug-likeness (QED) is 0.742. The SMILES string of the molecule is Nc1ccnc(CN2CCOCC2=O)c1. The minimum absolute atomic E-state index is 0.00507. The predicted molar refractivity (Wildman–Crippen MR) is 54.9 cm³/mol. The molecule has 1 aliphatic heterocycles. The van der Waals surface area contributed by atoms with Gasteiger partial charge in [-0.15, -0.1) is 0 Å². The topological polar surface area (TPSA) is 68.4 Å². The second kappa shape index (κ2) is 4.27. The molecule has 0 spiro atoms. The Bertz CT molecular complexity index is 367. The summed E-state index contributed by atoms with van der Waals surface area (Å²) in [6, 6.07) is 3.51. The first kappa shape index (κ1) is 9.92. The van der Waals surface area contributed by atoms with E-state index in [9.17, 15) is 4.79 Å². The molecule has 5 heteroatoms. The maximum atomic E-state index is 11.4. The number of rotatable bonds is 2. The molecule has 2 heterocycles. The molecule has 80 valence electrons. The van der Waals surface area contributed by atoms with Crippen molar-refractivity contribution in [2.24, 2.45) is 0 Å². The van der Waals surface area contributed by atoms with Gasteiger partial charge < -0.3 is 15.4 Å². The van der Waals surface area contributed by atoms with Crippen molar-refractivity contribution < 1.29 is 9.53 Å². The number of hydrogen-bond acceptors (Lipinski definition) is 4. The Balaban J connectivity index is 2.04. The van der Waals surface area contributed by atoms with E-state index in [0.717, 1.165) is 5.69 Å². The molecule has 1 fully saturated rings. The van der Waals surface area contributed by atoms with E-state index >= 15 is 0 Å². The summed E-state index contributed by atoms with van der Waals surface area (Å²) >= 11 is 0. The van der Waals surface area contributed by atoms with Crippen LogP contribution >= 0.6 is 0 Å². The lowest BCUT2D eigenvalue weighted by atomic mass is 10.3. The van der Waals surface area contributed by atoms with Crippen LogP contribution in [0.1, 0.15) is 5.69 Å². The Hall–Kier alpha value is -1.62. The number of amides is 1. The number of ether oxygens (including phenoxy) is 1. The van der Waals surface area contributed by atoms with Crippen LogP contribution in [-0.4, -0.2) is 35.5 Å². The van der Waals surface area contributed by atoms with Crippen molar-refractivity contribution in [3.63, 3.8) is 0 Å². The van der Waals surface area contributed by atoms with Gasteiger partial charge in [-0.3, -0.25) is 9.78 Å². The summed E-state index contributed by atoms with van der Waals surface area (Å²) in [5.41, 5.74) is 7.11. The minimum atomic E-state index is 0.00507. The molecule has 1 saturated heterocycles. The number of nitrogens with two attached hydrogens (primary N) is 1. The lowest BCUT2D eigenvalue weighted by Gasteiger charge is -2.26. The summed E-state index contributed by atoms with van der Waals surface area (Å²) < 4.78 is 5.04. The van der Waals surface area contributed by atoms with E-state index in [1.54, 1.807) is 23.2 Å². The lowest BCUT2D eigenvalue weighted by molar-refractivity contribution is -0.143. The first-order chi connectivity index (χ1) is 7.25. The number of carbonyl (C=O) groups excluding carboxylic acids is 1. The zero-order valence-corrected chi connectivity index (χ0v) is 8.35. The molecule has 1 amide bonds. The molecule has 5 nitrogen and oxygen atoms in total. The molecule has 0 saturated carbocycles. The maximum Gasteiger partial charge on any atom is 0.248 e. The van der Waals surface area contributed by atoms with Gasteiger partial charge in [0.15, 0.2) is 0 Å². The summed E-state index contributed by atoms with van der Waals surface area (Å²) in [7, 11) is 0. The Morgan fingerprint density at radius 2 is 2.47 bits per heavy atom. The van der Waals surface area contributed by atoms with Gasteiger partial charge in [0.1, 0.15) is 6.61 Å². The number of hydrogen-bond donors (Lipinski definition) is 1. The van der Waals surface area contributed by atoms with Crippen LogP contribution in [0.4, 0.5) is 5.69 Å². The highest BCUT2D eigenvalue weighted by molar-refractivity contribution is 5.77. The molecule has 0 unspecified atom stereocenters. The van der Waals surface area contributed by atoms with Crippen LogP contribution in [0.5, 0.6) is 0 Å². The summed E-state index contributed by atoms with van der Waals surface area (Å²) in [5.74, 6) is 0.00507. The zero-order chi connectivity index (χ0) is 10.7. The molecule has 15 heavy (non-hydrogen) atoms. The Kier molecular flexibility index (Phi) is 2.82. The van der Waals surface area contributed by atoms with Crippen LogP contribution in [0, 0.1) is 0 Å². The lowest BCUT2D eigenvalue weighted by Crippen LogP contribution is -2.41. The van der Waals surface area contributed by atoms with Crippen LogP contribution in [-0.2, 0) is 16.1 Å². The van der Waals surface area contributed by atoms with Gasteiger partial charge in [-0.05, 0) is 12.1 Å².